The highest BCUT2D eigenvalue weighted by Crippen LogP contribution is 2.35. The third-order valence-corrected chi connectivity index (χ3v) is 4.28. The number of hydrogen-bond donors (Lipinski definition) is 0. The van der Waals surface area contributed by atoms with Gasteiger partial charge >= 0.3 is 0 Å². The van der Waals surface area contributed by atoms with Crippen molar-refractivity contribution in [2.75, 3.05) is 0 Å². The van der Waals surface area contributed by atoms with Crippen molar-refractivity contribution in [3.8, 4) is 33.5 Å². The van der Waals surface area contributed by atoms with Crippen molar-refractivity contribution in [3.05, 3.63) is 103 Å². The second-order valence-corrected chi connectivity index (χ2v) is 5.97. The quantitative estimate of drug-likeness (QED) is 0.422. The van der Waals surface area contributed by atoms with Crippen LogP contribution in [0, 0.1) is 11.6 Å². The Bertz CT molecular complexity index is 1040. The van der Waals surface area contributed by atoms with Crippen LogP contribution in [0.3, 0.4) is 0 Å². The van der Waals surface area contributed by atoms with Crippen molar-refractivity contribution >= 4 is 0 Å². The number of pyridine rings is 1. The van der Waals surface area contributed by atoms with E-state index in [4.69, 9.17) is 0 Å². The van der Waals surface area contributed by atoms with Gasteiger partial charge in [-0.05, 0) is 35.4 Å². The van der Waals surface area contributed by atoms with Gasteiger partial charge in [0.05, 0.1) is 5.69 Å². The summed E-state index contributed by atoms with van der Waals surface area (Å²) in [7, 11) is 0. The Labute approximate surface area is 150 Å². The van der Waals surface area contributed by atoms with E-state index in [1.165, 1.54) is 6.07 Å². The first-order chi connectivity index (χ1) is 12.7. The van der Waals surface area contributed by atoms with Crippen molar-refractivity contribution in [2.24, 2.45) is 0 Å². The van der Waals surface area contributed by atoms with Gasteiger partial charge in [0, 0.05) is 22.9 Å². The van der Waals surface area contributed by atoms with E-state index >= 15 is 0 Å². The summed E-state index contributed by atoms with van der Waals surface area (Å²) in [5.74, 6) is -0.938. The molecule has 0 spiro atoms. The predicted octanol–water partition coefficient (Wildman–Crippen LogP) is 6.36. The lowest BCUT2D eigenvalue weighted by Crippen LogP contribution is -1.94. The maximum atomic E-state index is 14.5. The summed E-state index contributed by atoms with van der Waals surface area (Å²) in [6.07, 6.45) is 1.72. The van der Waals surface area contributed by atoms with Crippen molar-refractivity contribution in [1.29, 1.82) is 0 Å². The smallest absolute Gasteiger partial charge is 0.131 e. The molecular formula is C23H15F2N. The monoisotopic (exact) mass is 343 g/mol. The minimum absolute atomic E-state index is 0.225. The lowest BCUT2D eigenvalue weighted by atomic mass is 9.94. The van der Waals surface area contributed by atoms with Crippen LogP contribution in [0.1, 0.15) is 0 Å². The Kier molecular flexibility index (Phi) is 4.28. The first kappa shape index (κ1) is 16.2. The summed E-state index contributed by atoms with van der Waals surface area (Å²) in [5, 5.41) is 0. The second-order valence-electron chi connectivity index (χ2n) is 5.97. The van der Waals surface area contributed by atoms with Crippen LogP contribution in [0.2, 0.25) is 0 Å². The largest absolute Gasteiger partial charge is 0.256 e. The molecule has 0 radical (unpaired) electrons. The summed E-state index contributed by atoms with van der Waals surface area (Å²) in [4.78, 5) is 4.55. The van der Waals surface area contributed by atoms with E-state index in [1.807, 2.05) is 66.7 Å². The van der Waals surface area contributed by atoms with Gasteiger partial charge in [-0.15, -0.1) is 0 Å². The maximum absolute atomic E-state index is 14.5. The second kappa shape index (κ2) is 6.89. The molecule has 1 heterocycles. The van der Waals surface area contributed by atoms with E-state index in [-0.39, 0.29) is 5.56 Å². The number of hydrogen-bond acceptors (Lipinski definition) is 1. The van der Waals surface area contributed by atoms with Crippen LogP contribution in [0.15, 0.2) is 91.1 Å². The molecule has 0 unspecified atom stereocenters. The standard InChI is InChI=1S/C23H15F2N/c24-18-11-12-22(25)20(13-18)19-14-23(17-9-5-2-6-10-17)26-15-21(19)16-7-3-1-4-8-16/h1-15H. The van der Waals surface area contributed by atoms with Crippen LogP contribution in [0.25, 0.3) is 33.5 Å². The topological polar surface area (TPSA) is 12.9 Å². The van der Waals surface area contributed by atoms with E-state index < -0.39 is 11.6 Å². The number of nitrogens with zero attached hydrogens (tertiary/aromatic N) is 1. The van der Waals surface area contributed by atoms with Crippen LogP contribution >= 0.6 is 0 Å². The minimum Gasteiger partial charge on any atom is -0.256 e. The van der Waals surface area contributed by atoms with Crippen molar-refractivity contribution in [3.63, 3.8) is 0 Å². The number of rotatable bonds is 3. The molecule has 126 valence electrons. The van der Waals surface area contributed by atoms with Crippen LogP contribution in [-0.4, -0.2) is 4.98 Å². The van der Waals surface area contributed by atoms with E-state index in [1.54, 1.807) is 6.20 Å². The van der Waals surface area contributed by atoms with Gasteiger partial charge in [0.1, 0.15) is 11.6 Å². The fraction of sp³-hybridized carbons (Fsp3) is 0. The van der Waals surface area contributed by atoms with Crippen LogP contribution < -0.4 is 0 Å². The zero-order chi connectivity index (χ0) is 17.9. The molecule has 3 aromatic carbocycles. The van der Waals surface area contributed by atoms with Gasteiger partial charge < -0.3 is 0 Å². The van der Waals surface area contributed by atoms with Crippen molar-refractivity contribution < 1.29 is 8.78 Å². The first-order valence-corrected chi connectivity index (χ1v) is 8.29. The Hall–Kier alpha value is -3.33. The highest BCUT2D eigenvalue weighted by atomic mass is 19.1. The molecule has 26 heavy (non-hydrogen) atoms. The van der Waals surface area contributed by atoms with Gasteiger partial charge in [0.2, 0.25) is 0 Å². The summed E-state index contributed by atoms with van der Waals surface area (Å²) in [6.45, 7) is 0. The molecule has 0 aliphatic carbocycles. The van der Waals surface area contributed by atoms with E-state index in [2.05, 4.69) is 4.98 Å². The molecule has 0 amide bonds. The molecular weight excluding hydrogens is 328 g/mol. The Morgan fingerprint density at radius 2 is 1.23 bits per heavy atom. The molecule has 0 saturated heterocycles. The van der Waals surface area contributed by atoms with Crippen molar-refractivity contribution in [1.82, 2.24) is 4.98 Å². The average molecular weight is 343 g/mol. The third kappa shape index (κ3) is 3.11. The molecule has 0 fully saturated rings. The lowest BCUT2D eigenvalue weighted by molar-refractivity contribution is 0.603. The SMILES string of the molecule is Fc1ccc(F)c(-c2cc(-c3ccccc3)ncc2-c2ccccc2)c1. The molecule has 3 heteroatoms. The number of benzene rings is 3. The maximum Gasteiger partial charge on any atom is 0.131 e. The molecule has 0 bridgehead atoms. The van der Waals surface area contributed by atoms with Gasteiger partial charge in [-0.25, -0.2) is 8.78 Å². The zero-order valence-corrected chi connectivity index (χ0v) is 13.9. The van der Waals surface area contributed by atoms with Gasteiger partial charge in [0.15, 0.2) is 0 Å². The van der Waals surface area contributed by atoms with Gasteiger partial charge in [-0.3, -0.25) is 4.98 Å². The molecule has 0 aliphatic heterocycles. The van der Waals surface area contributed by atoms with E-state index in [9.17, 15) is 8.78 Å². The van der Waals surface area contributed by atoms with Crippen molar-refractivity contribution in [2.45, 2.75) is 0 Å². The molecule has 4 aromatic rings. The lowest BCUT2D eigenvalue weighted by Gasteiger charge is -2.13. The molecule has 4 rings (SSSR count). The van der Waals surface area contributed by atoms with Crippen LogP contribution in [-0.2, 0) is 0 Å². The highest BCUT2D eigenvalue weighted by Gasteiger charge is 2.15. The number of halogens is 2. The van der Waals surface area contributed by atoms with E-state index in [0.29, 0.717) is 11.3 Å². The fourth-order valence-corrected chi connectivity index (χ4v) is 3.00. The average Bonchev–Trinajstić information content (AvgIpc) is 2.71. The van der Waals surface area contributed by atoms with E-state index in [0.717, 1.165) is 28.8 Å². The summed E-state index contributed by atoms with van der Waals surface area (Å²) >= 11 is 0. The number of aromatic nitrogens is 1. The molecule has 0 N–H and O–H groups in total. The van der Waals surface area contributed by atoms with Crippen LogP contribution in [0.5, 0.6) is 0 Å². The Morgan fingerprint density at radius 1 is 0.577 bits per heavy atom. The Balaban J connectivity index is 1.97. The minimum atomic E-state index is -0.474. The first-order valence-electron chi connectivity index (χ1n) is 8.29. The fourth-order valence-electron chi connectivity index (χ4n) is 3.00. The Morgan fingerprint density at radius 3 is 1.92 bits per heavy atom. The van der Waals surface area contributed by atoms with Gasteiger partial charge in [0.25, 0.3) is 0 Å². The summed E-state index contributed by atoms with van der Waals surface area (Å²) < 4.78 is 28.3. The molecule has 1 nitrogen and oxygen atoms in total. The molecule has 0 saturated carbocycles. The van der Waals surface area contributed by atoms with Crippen LogP contribution in [0.4, 0.5) is 8.78 Å². The predicted molar refractivity (Wildman–Crippen MR) is 100 cm³/mol. The molecule has 0 atom stereocenters. The highest BCUT2D eigenvalue weighted by molar-refractivity contribution is 5.85. The normalized spacial score (nSPS) is 10.7. The third-order valence-electron chi connectivity index (χ3n) is 4.28. The van der Waals surface area contributed by atoms with Gasteiger partial charge in [-0.2, -0.15) is 0 Å². The molecule has 0 aliphatic rings. The zero-order valence-electron chi connectivity index (χ0n) is 13.9. The van der Waals surface area contributed by atoms with Gasteiger partial charge in [-0.1, -0.05) is 60.7 Å². The molecule has 1 aromatic heterocycles. The summed E-state index contributed by atoms with van der Waals surface area (Å²) in [5.41, 5.74) is 4.13. The summed E-state index contributed by atoms with van der Waals surface area (Å²) in [6, 6.07) is 24.6.